The maximum absolute atomic E-state index is 11.4. The average molecular weight is 257 g/mol. The summed E-state index contributed by atoms with van der Waals surface area (Å²) >= 11 is 0. The molecule has 0 aromatic heterocycles. The van der Waals surface area contributed by atoms with Crippen LogP contribution in [0.5, 0.6) is 0 Å². The molecule has 0 aromatic rings. The van der Waals surface area contributed by atoms with Crippen molar-refractivity contribution in [2.24, 2.45) is 5.92 Å². The molecule has 0 aliphatic carbocycles. The Bertz CT molecular complexity index is 240. The maximum Gasteiger partial charge on any atom is 0.233 e. The van der Waals surface area contributed by atoms with Crippen molar-refractivity contribution in [1.82, 2.24) is 15.5 Å². The Balaban J connectivity index is 2.00. The van der Waals surface area contributed by atoms with Gasteiger partial charge in [-0.15, -0.1) is 0 Å². The van der Waals surface area contributed by atoms with Gasteiger partial charge in [-0.1, -0.05) is 13.8 Å². The standard InChI is InChI=1S/C13H27N3O2/c1-11(2)7-15-13(18)9-14-8-12(17)10-16-5-3-4-6-16/h11-12,14,17H,3-10H2,1-2H3,(H,15,18). The lowest BCUT2D eigenvalue weighted by Gasteiger charge is -2.19. The summed E-state index contributed by atoms with van der Waals surface area (Å²) in [4.78, 5) is 13.7. The maximum atomic E-state index is 11.4. The van der Waals surface area contributed by atoms with Crippen LogP contribution < -0.4 is 10.6 Å². The number of amides is 1. The highest BCUT2D eigenvalue weighted by molar-refractivity contribution is 5.77. The number of aliphatic hydroxyl groups is 1. The van der Waals surface area contributed by atoms with Crippen LogP contribution in [-0.4, -0.2) is 61.3 Å². The summed E-state index contributed by atoms with van der Waals surface area (Å²) in [6.07, 6.45) is 2.08. The number of nitrogens with zero attached hydrogens (tertiary/aromatic N) is 1. The van der Waals surface area contributed by atoms with Crippen molar-refractivity contribution in [2.75, 3.05) is 39.3 Å². The molecule has 1 saturated heterocycles. The van der Waals surface area contributed by atoms with Gasteiger partial charge in [0.1, 0.15) is 0 Å². The van der Waals surface area contributed by atoms with Crippen LogP contribution in [0.4, 0.5) is 0 Å². The van der Waals surface area contributed by atoms with E-state index in [9.17, 15) is 9.90 Å². The first kappa shape index (κ1) is 15.4. The predicted molar refractivity (Wildman–Crippen MR) is 72.4 cm³/mol. The summed E-state index contributed by atoms with van der Waals surface area (Å²) < 4.78 is 0. The van der Waals surface area contributed by atoms with Crippen molar-refractivity contribution in [1.29, 1.82) is 0 Å². The van der Waals surface area contributed by atoms with Gasteiger partial charge in [0.25, 0.3) is 0 Å². The fourth-order valence-corrected chi connectivity index (χ4v) is 2.06. The number of carbonyl (C=O) groups is 1. The molecule has 106 valence electrons. The van der Waals surface area contributed by atoms with Crippen LogP contribution >= 0.6 is 0 Å². The zero-order chi connectivity index (χ0) is 13.4. The van der Waals surface area contributed by atoms with Crippen molar-refractivity contribution in [2.45, 2.75) is 32.8 Å². The minimum Gasteiger partial charge on any atom is -0.390 e. The Morgan fingerprint density at radius 3 is 2.56 bits per heavy atom. The highest BCUT2D eigenvalue weighted by Gasteiger charge is 2.15. The van der Waals surface area contributed by atoms with Gasteiger partial charge in [-0.2, -0.15) is 0 Å². The van der Waals surface area contributed by atoms with Crippen LogP contribution in [0.15, 0.2) is 0 Å². The number of rotatable bonds is 8. The summed E-state index contributed by atoms with van der Waals surface area (Å²) in [6, 6.07) is 0. The number of aliphatic hydroxyl groups excluding tert-OH is 1. The highest BCUT2D eigenvalue weighted by Crippen LogP contribution is 2.07. The smallest absolute Gasteiger partial charge is 0.233 e. The second-order valence-corrected chi connectivity index (χ2v) is 5.49. The molecule has 3 N–H and O–H groups in total. The van der Waals surface area contributed by atoms with Gasteiger partial charge in [-0.05, 0) is 31.8 Å². The van der Waals surface area contributed by atoms with Gasteiger partial charge < -0.3 is 20.6 Å². The van der Waals surface area contributed by atoms with E-state index < -0.39 is 0 Å². The van der Waals surface area contributed by atoms with Crippen LogP contribution in [0.2, 0.25) is 0 Å². The molecule has 0 bridgehead atoms. The molecule has 0 spiro atoms. The molecule has 1 aliphatic heterocycles. The Morgan fingerprint density at radius 2 is 1.94 bits per heavy atom. The van der Waals surface area contributed by atoms with Crippen LogP contribution in [-0.2, 0) is 4.79 Å². The molecule has 5 heteroatoms. The van der Waals surface area contributed by atoms with E-state index in [0.717, 1.165) is 13.1 Å². The van der Waals surface area contributed by atoms with Crippen LogP contribution in [0.25, 0.3) is 0 Å². The molecule has 18 heavy (non-hydrogen) atoms. The molecule has 1 aliphatic rings. The van der Waals surface area contributed by atoms with Crippen molar-refractivity contribution < 1.29 is 9.90 Å². The summed E-state index contributed by atoms with van der Waals surface area (Å²) in [7, 11) is 0. The monoisotopic (exact) mass is 257 g/mol. The lowest BCUT2D eigenvalue weighted by molar-refractivity contribution is -0.120. The quantitative estimate of drug-likeness (QED) is 0.564. The van der Waals surface area contributed by atoms with E-state index in [0.29, 0.717) is 25.6 Å². The average Bonchev–Trinajstić information content (AvgIpc) is 2.79. The number of likely N-dealkylation sites (tertiary alicyclic amines) is 1. The zero-order valence-electron chi connectivity index (χ0n) is 11.6. The fourth-order valence-electron chi connectivity index (χ4n) is 2.06. The Hall–Kier alpha value is -0.650. The van der Waals surface area contributed by atoms with Crippen LogP contribution in [0.1, 0.15) is 26.7 Å². The van der Waals surface area contributed by atoms with Crippen molar-refractivity contribution in [3.63, 3.8) is 0 Å². The third kappa shape index (κ3) is 6.93. The number of hydrogen-bond acceptors (Lipinski definition) is 4. The highest BCUT2D eigenvalue weighted by atomic mass is 16.3. The van der Waals surface area contributed by atoms with E-state index in [1.807, 2.05) is 0 Å². The summed E-state index contributed by atoms with van der Waals surface area (Å²) in [6.45, 7) is 8.48. The first-order valence-corrected chi connectivity index (χ1v) is 6.95. The summed E-state index contributed by atoms with van der Waals surface area (Å²) in [5.41, 5.74) is 0. The fraction of sp³-hybridized carbons (Fsp3) is 0.923. The first-order chi connectivity index (χ1) is 8.58. The molecule has 1 fully saturated rings. The molecule has 1 rings (SSSR count). The number of nitrogens with one attached hydrogen (secondary N) is 2. The van der Waals surface area contributed by atoms with Crippen molar-refractivity contribution in [3.05, 3.63) is 0 Å². The molecular weight excluding hydrogens is 230 g/mol. The largest absolute Gasteiger partial charge is 0.390 e. The SMILES string of the molecule is CC(C)CNC(=O)CNCC(O)CN1CCCC1. The molecule has 1 amide bonds. The van der Waals surface area contributed by atoms with Gasteiger partial charge in [0.15, 0.2) is 0 Å². The molecule has 5 nitrogen and oxygen atoms in total. The second-order valence-electron chi connectivity index (χ2n) is 5.49. The first-order valence-electron chi connectivity index (χ1n) is 6.95. The Morgan fingerprint density at radius 1 is 1.28 bits per heavy atom. The van der Waals surface area contributed by atoms with E-state index >= 15 is 0 Å². The number of carbonyl (C=O) groups excluding carboxylic acids is 1. The number of β-amino-alcohol motifs (C(OH)–C–C–N with tert-alkyl or cyclic N) is 1. The predicted octanol–water partition coefficient (Wildman–Crippen LogP) is -0.195. The van der Waals surface area contributed by atoms with E-state index in [2.05, 4.69) is 29.4 Å². The van der Waals surface area contributed by atoms with Gasteiger partial charge >= 0.3 is 0 Å². The second kappa shape index (κ2) is 8.45. The Labute approximate surface area is 110 Å². The van der Waals surface area contributed by atoms with Gasteiger partial charge in [0.05, 0.1) is 12.6 Å². The topological polar surface area (TPSA) is 64.6 Å². The van der Waals surface area contributed by atoms with Gasteiger partial charge in [-0.25, -0.2) is 0 Å². The van der Waals surface area contributed by atoms with E-state index in [1.54, 1.807) is 0 Å². The molecule has 0 saturated carbocycles. The van der Waals surface area contributed by atoms with Crippen molar-refractivity contribution in [3.8, 4) is 0 Å². The molecule has 1 unspecified atom stereocenters. The minimum atomic E-state index is -0.388. The molecule has 1 heterocycles. The summed E-state index contributed by atoms with van der Waals surface area (Å²) in [5.74, 6) is 0.465. The van der Waals surface area contributed by atoms with E-state index in [-0.39, 0.29) is 18.6 Å². The minimum absolute atomic E-state index is 0.00271. The zero-order valence-corrected chi connectivity index (χ0v) is 11.6. The molecule has 0 aromatic carbocycles. The van der Waals surface area contributed by atoms with Gasteiger partial charge in [0.2, 0.25) is 5.91 Å². The third-order valence-corrected chi connectivity index (χ3v) is 3.04. The van der Waals surface area contributed by atoms with E-state index in [4.69, 9.17) is 0 Å². The van der Waals surface area contributed by atoms with Crippen LogP contribution in [0, 0.1) is 5.92 Å². The molecule has 0 radical (unpaired) electrons. The lowest BCUT2D eigenvalue weighted by atomic mass is 10.2. The molecule has 1 atom stereocenters. The van der Waals surface area contributed by atoms with Crippen molar-refractivity contribution >= 4 is 5.91 Å². The van der Waals surface area contributed by atoms with Crippen LogP contribution in [0.3, 0.4) is 0 Å². The lowest BCUT2D eigenvalue weighted by Crippen LogP contribution is -2.41. The van der Waals surface area contributed by atoms with Gasteiger partial charge in [0, 0.05) is 19.6 Å². The molecular formula is C13H27N3O2. The third-order valence-electron chi connectivity index (χ3n) is 3.04. The normalized spacial score (nSPS) is 18.2. The summed E-state index contributed by atoms with van der Waals surface area (Å²) in [5, 5.41) is 15.6. The number of hydrogen-bond donors (Lipinski definition) is 3. The Kier molecular flexibility index (Phi) is 7.23. The van der Waals surface area contributed by atoms with E-state index in [1.165, 1.54) is 12.8 Å². The van der Waals surface area contributed by atoms with Gasteiger partial charge in [-0.3, -0.25) is 4.79 Å².